The summed E-state index contributed by atoms with van der Waals surface area (Å²) in [5.41, 5.74) is 4.36. The second-order valence-electron chi connectivity index (χ2n) is 8.47. The Bertz CT molecular complexity index is 1100. The molecule has 2 amide bonds. The molecule has 1 saturated heterocycles. The summed E-state index contributed by atoms with van der Waals surface area (Å²) < 4.78 is 0. The van der Waals surface area contributed by atoms with Gasteiger partial charge in [0.05, 0.1) is 10.4 Å². The molecule has 0 radical (unpaired) electrons. The number of anilines is 1. The van der Waals surface area contributed by atoms with Gasteiger partial charge in [-0.3, -0.25) is 9.59 Å². The molecule has 5 rings (SSSR count). The number of para-hydroxylation sites is 1. The number of carbonyl (C=O) groups is 2. The van der Waals surface area contributed by atoms with Gasteiger partial charge in [0.25, 0.3) is 11.8 Å². The molecule has 3 aromatic rings. The number of nitrogens with zero attached hydrogens (tertiary/aromatic N) is 2. The van der Waals surface area contributed by atoms with Crippen LogP contribution in [0.1, 0.15) is 44.0 Å². The molecule has 0 bridgehead atoms. The molecule has 0 aliphatic carbocycles. The summed E-state index contributed by atoms with van der Waals surface area (Å²) in [7, 11) is 0. The Hall–Kier alpha value is -3.12. The Morgan fingerprint density at radius 1 is 0.875 bits per heavy atom. The molecule has 0 atom stereocenters. The lowest BCUT2D eigenvalue weighted by molar-refractivity contribution is 0.0735. The lowest BCUT2D eigenvalue weighted by Gasteiger charge is -2.36. The fourth-order valence-electron chi connectivity index (χ4n) is 4.70. The molecule has 1 fully saturated rings. The van der Waals surface area contributed by atoms with Crippen molar-refractivity contribution in [2.24, 2.45) is 0 Å². The van der Waals surface area contributed by atoms with E-state index in [0.717, 1.165) is 55.0 Å². The third kappa shape index (κ3) is 4.28. The van der Waals surface area contributed by atoms with Crippen LogP contribution in [0.25, 0.3) is 0 Å². The van der Waals surface area contributed by atoms with Gasteiger partial charge >= 0.3 is 0 Å². The highest BCUT2D eigenvalue weighted by Crippen LogP contribution is 2.28. The third-order valence-electron chi connectivity index (χ3n) is 6.47. The molecule has 2 aromatic carbocycles. The Morgan fingerprint density at radius 2 is 1.62 bits per heavy atom. The highest BCUT2D eigenvalue weighted by atomic mass is 32.1. The van der Waals surface area contributed by atoms with E-state index in [0.29, 0.717) is 6.54 Å². The predicted molar refractivity (Wildman–Crippen MR) is 128 cm³/mol. The van der Waals surface area contributed by atoms with Gasteiger partial charge in [-0.15, -0.1) is 11.3 Å². The van der Waals surface area contributed by atoms with E-state index in [4.69, 9.17) is 0 Å². The van der Waals surface area contributed by atoms with Crippen LogP contribution in [0.5, 0.6) is 0 Å². The first-order valence-corrected chi connectivity index (χ1v) is 12.1. The number of hydrogen-bond donors (Lipinski definition) is 1. The van der Waals surface area contributed by atoms with Crippen LogP contribution in [0.3, 0.4) is 0 Å². The van der Waals surface area contributed by atoms with Crippen molar-refractivity contribution in [3.05, 3.63) is 87.6 Å². The van der Waals surface area contributed by atoms with E-state index >= 15 is 0 Å². The molecule has 2 aliphatic rings. The SMILES string of the molecule is O=C(NC1CCN(c2ccccc2C(=O)N2CCc3ccccc3C2)CC1)c1cccs1. The average molecular weight is 446 g/mol. The van der Waals surface area contributed by atoms with Crippen LogP contribution < -0.4 is 10.2 Å². The predicted octanol–water partition coefficient (Wildman–Crippen LogP) is 4.35. The summed E-state index contributed by atoms with van der Waals surface area (Å²) in [6.45, 7) is 3.06. The zero-order valence-electron chi connectivity index (χ0n) is 18.0. The second kappa shape index (κ2) is 9.17. The van der Waals surface area contributed by atoms with Crippen molar-refractivity contribution in [3.8, 4) is 0 Å². The fourth-order valence-corrected chi connectivity index (χ4v) is 5.33. The van der Waals surface area contributed by atoms with Crippen molar-refractivity contribution in [1.82, 2.24) is 10.2 Å². The lowest BCUT2D eigenvalue weighted by Crippen LogP contribution is -2.45. The molecule has 3 heterocycles. The van der Waals surface area contributed by atoms with E-state index in [9.17, 15) is 9.59 Å². The Kier molecular flexibility index (Phi) is 5.95. The number of piperidine rings is 1. The van der Waals surface area contributed by atoms with E-state index in [1.54, 1.807) is 0 Å². The highest BCUT2D eigenvalue weighted by Gasteiger charge is 2.27. The van der Waals surface area contributed by atoms with E-state index in [1.807, 2.05) is 46.7 Å². The van der Waals surface area contributed by atoms with Crippen LogP contribution >= 0.6 is 11.3 Å². The van der Waals surface area contributed by atoms with Gasteiger partial charge in [-0.25, -0.2) is 0 Å². The molecule has 1 aromatic heterocycles. The maximum absolute atomic E-state index is 13.5. The van der Waals surface area contributed by atoms with Gasteiger partial charge in [0, 0.05) is 37.9 Å². The number of carbonyl (C=O) groups excluding carboxylic acids is 2. The maximum Gasteiger partial charge on any atom is 0.261 e. The van der Waals surface area contributed by atoms with Gasteiger partial charge in [-0.2, -0.15) is 0 Å². The summed E-state index contributed by atoms with van der Waals surface area (Å²) in [5.74, 6) is 0.114. The van der Waals surface area contributed by atoms with Crippen molar-refractivity contribution < 1.29 is 9.59 Å². The second-order valence-corrected chi connectivity index (χ2v) is 9.42. The molecule has 1 N–H and O–H groups in total. The number of rotatable bonds is 4. The van der Waals surface area contributed by atoms with Crippen LogP contribution in [0, 0.1) is 0 Å². The summed E-state index contributed by atoms with van der Waals surface area (Å²) in [4.78, 5) is 30.8. The minimum atomic E-state index is 0.0133. The molecule has 2 aliphatic heterocycles. The molecule has 32 heavy (non-hydrogen) atoms. The molecular weight excluding hydrogens is 418 g/mol. The first-order valence-electron chi connectivity index (χ1n) is 11.2. The number of hydrogen-bond acceptors (Lipinski definition) is 4. The number of fused-ring (bicyclic) bond motifs is 1. The van der Waals surface area contributed by atoms with Crippen LogP contribution in [-0.2, 0) is 13.0 Å². The average Bonchev–Trinajstić information content (AvgIpc) is 3.39. The summed E-state index contributed by atoms with van der Waals surface area (Å²) in [6, 6.07) is 20.3. The zero-order valence-corrected chi connectivity index (χ0v) is 18.8. The first kappa shape index (κ1) is 20.8. The number of benzene rings is 2. The van der Waals surface area contributed by atoms with Gasteiger partial charge in [-0.05, 0) is 54.0 Å². The summed E-state index contributed by atoms with van der Waals surface area (Å²) in [6.07, 6.45) is 2.65. The van der Waals surface area contributed by atoms with E-state index < -0.39 is 0 Å². The van der Waals surface area contributed by atoms with Gasteiger partial charge in [0.15, 0.2) is 0 Å². The minimum Gasteiger partial charge on any atom is -0.371 e. The quantitative estimate of drug-likeness (QED) is 0.650. The first-order chi connectivity index (χ1) is 15.7. The van der Waals surface area contributed by atoms with Crippen LogP contribution in [-0.4, -0.2) is 42.4 Å². The van der Waals surface area contributed by atoms with Crippen LogP contribution in [0.15, 0.2) is 66.0 Å². The van der Waals surface area contributed by atoms with Crippen molar-refractivity contribution in [2.45, 2.75) is 31.8 Å². The van der Waals surface area contributed by atoms with Crippen LogP contribution in [0.4, 0.5) is 5.69 Å². The fraction of sp³-hybridized carbons (Fsp3) is 0.308. The highest BCUT2D eigenvalue weighted by molar-refractivity contribution is 7.12. The molecule has 5 nitrogen and oxygen atoms in total. The Labute approximate surface area is 192 Å². The monoisotopic (exact) mass is 445 g/mol. The minimum absolute atomic E-state index is 0.0133. The van der Waals surface area contributed by atoms with Gasteiger partial charge in [-0.1, -0.05) is 42.5 Å². The smallest absolute Gasteiger partial charge is 0.261 e. The molecule has 164 valence electrons. The summed E-state index contributed by atoms with van der Waals surface area (Å²) in [5, 5.41) is 5.08. The van der Waals surface area contributed by atoms with E-state index in [1.165, 1.54) is 22.5 Å². The Morgan fingerprint density at radius 3 is 2.41 bits per heavy atom. The summed E-state index contributed by atoms with van der Waals surface area (Å²) >= 11 is 1.47. The normalized spacial score (nSPS) is 16.5. The number of thiophene rings is 1. The molecule has 0 unspecified atom stereocenters. The van der Waals surface area contributed by atoms with E-state index in [2.05, 4.69) is 34.5 Å². The lowest BCUT2D eigenvalue weighted by atomic mass is 9.98. The molecule has 0 saturated carbocycles. The van der Waals surface area contributed by atoms with Gasteiger partial charge in [0.2, 0.25) is 0 Å². The van der Waals surface area contributed by atoms with Crippen molar-refractivity contribution in [1.29, 1.82) is 0 Å². The van der Waals surface area contributed by atoms with Crippen molar-refractivity contribution in [2.75, 3.05) is 24.5 Å². The molecule has 6 heteroatoms. The van der Waals surface area contributed by atoms with Gasteiger partial charge < -0.3 is 15.1 Å². The van der Waals surface area contributed by atoms with Gasteiger partial charge in [0.1, 0.15) is 0 Å². The third-order valence-corrected chi connectivity index (χ3v) is 7.34. The Balaban J connectivity index is 1.25. The standard InChI is InChI=1S/C26H27N3O2S/c30-25(24-10-5-17-32-24)27-21-12-15-28(16-13-21)23-9-4-3-8-22(23)26(31)29-14-11-19-6-1-2-7-20(19)18-29/h1-10,17,21H,11-16,18H2,(H,27,30). The van der Waals surface area contributed by atoms with Crippen molar-refractivity contribution >= 4 is 28.8 Å². The number of nitrogens with one attached hydrogen (secondary N) is 1. The van der Waals surface area contributed by atoms with Crippen LogP contribution in [0.2, 0.25) is 0 Å². The van der Waals surface area contributed by atoms with Crippen molar-refractivity contribution in [3.63, 3.8) is 0 Å². The molecular formula is C26H27N3O2S. The zero-order chi connectivity index (χ0) is 21.9. The maximum atomic E-state index is 13.5. The largest absolute Gasteiger partial charge is 0.371 e. The number of amides is 2. The molecule has 0 spiro atoms. The van der Waals surface area contributed by atoms with E-state index in [-0.39, 0.29) is 17.9 Å². The topological polar surface area (TPSA) is 52.7 Å².